The van der Waals surface area contributed by atoms with Gasteiger partial charge in [-0.3, -0.25) is 4.90 Å². The van der Waals surface area contributed by atoms with Crippen molar-refractivity contribution in [2.24, 2.45) is 0 Å². The fourth-order valence-corrected chi connectivity index (χ4v) is 2.66. The van der Waals surface area contributed by atoms with Crippen LogP contribution >= 0.6 is 0 Å². The fraction of sp³-hybridized carbons (Fsp3) is 0.235. The second-order valence-electron chi connectivity index (χ2n) is 5.18. The van der Waals surface area contributed by atoms with Gasteiger partial charge in [-0.2, -0.15) is 0 Å². The molecule has 0 bridgehead atoms. The van der Waals surface area contributed by atoms with Crippen LogP contribution in [-0.2, 0) is 6.42 Å². The molecule has 0 aliphatic carbocycles. The second kappa shape index (κ2) is 5.37. The number of para-hydroxylation sites is 1. The predicted octanol–water partition coefficient (Wildman–Crippen LogP) is 3.98. The topological polar surface area (TPSA) is 32.3 Å². The van der Waals surface area contributed by atoms with Gasteiger partial charge < -0.3 is 5.32 Å². The van der Waals surface area contributed by atoms with Crippen molar-refractivity contribution in [2.45, 2.75) is 19.8 Å². The summed E-state index contributed by atoms with van der Waals surface area (Å²) in [4.78, 5) is 14.3. The lowest BCUT2D eigenvalue weighted by Gasteiger charge is -2.29. The summed E-state index contributed by atoms with van der Waals surface area (Å²) in [5.41, 5.74) is 4.27. The van der Waals surface area contributed by atoms with Crippen LogP contribution in [0.4, 0.5) is 16.2 Å². The Morgan fingerprint density at radius 2 is 2.00 bits per heavy atom. The lowest BCUT2D eigenvalue weighted by molar-refractivity contribution is 0.256. The number of carbonyl (C=O) groups excluding carboxylic acids is 1. The van der Waals surface area contributed by atoms with E-state index in [1.807, 2.05) is 54.3 Å². The Labute approximate surface area is 119 Å². The molecular formula is C17H18N2O. The van der Waals surface area contributed by atoms with E-state index in [-0.39, 0.29) is 6.03 Å². The Bertz CT molecular complexity index is 636. The fourth-order valence-electron chi connectivity index (χ4n) is 2.66. The number of nitrogens with one attached hydrogen (secondary N) is 1. The van der Waals surface area contributed by atoms with Crippen LogP contribution in [0, 0.1) is 6.92 Å². The van der Waals surface area contributed by atoms with E-state index in [0.717, 1.165) is 36.3 Å². The number of carbonyl (C=O) groups is 1. The summed E-state index contributed by atoms with van der Waals surface area (Å²) in [5.74, 6) is 0. The van der Waals surface area contributed by atoms with E-state index in [4.69, 9.17) is 0 Å². The molecule has 1 aliphatic heterocycles. The first kappa shape index (κ1) is 12.7. The highest BCUT2D eigenvalue weighted by atomic mass is 16.2. The summed E-state index contributed by atoms with van der Waals surface area (Å²) >= 11 is 0. The Hall–Kier alpha value is -2.29. The van der Waals surface area contributed by atoms with Crippen LogP contribution in [0.3, 0.4) is 0 Å². The zero-order valence-electron chi connectivity index (χ0n) is 11.6. The highest BCUT2D eigenvalue weighted by molar-refractivity contribution is 6.02. The largest absolute Gasteiger partial charge is 0.326 e. The molecule has 0 radical (unpaired) electrons. The molecule has 0 atom stereocenters. The van der Waals surface area contributed by atoms with Gasteiger partial charge in [-0.25, -0.2) is 4.79 Å². The number of aryl methyl sites for hydroxylation is 2. The lowest BCUT2D eigenvalue weighted by atomic mass is 10.0. The van der Waals surface area contributed by atoms with Crippen LogP contribution in [-0.4, -0.2) is 12.6 Å². The number of nitrogens with zero attached hydrogens (tertiary/aromatic N) is 1. The SMILES string of the molecule is Cc1cccc(NC(=O)N2CCCc3ccccc32)c1. The molecule has 1 N–H and O–H groups in total. The minimum absolute atomic E-state index is 0.0530. The molecule has 0 unspecified atom stereocenters. The van der Waals surface area contributed by atoms with Gasteiger partial charge in [0.1, 0.15) is 0 Å². The van der Waals surface area contributed by atoms with E-state index in [9.17, 15) is 4.79 Å². The number of benzene rings is 2. The third kappa shape index (κ3) is 2.52. The summed E-state index contributed by atoms with van der Waals surface area (Å²) < 4.78 is 0. The van der Waals surface area contributed by atoms with Crippen molar-refractivity contribution in [3.05, 3.63) is 59.7 Å². The molecule has 0 fully saturated rings. The average molecular weight is 266 g/mol. The van der Waals surface area contributed by atoms with Crippen LogP contribution in [0.25, 0.3) is 0 Å². The van der Waals surface area contributed by atoms with Gasteiger partial charge in [-0.05, 0) is 49.1 Å². The van der Waals surface area contributed by atoms with Gasteiger partial charge in [-0.1, -0.05) is 30.3 Å². The molecule has 1 aliphatic rings. The maximum atomic E-state index is 12.5. The second-order valence-corrected chi connectivity index (χ2v) is 5.18. The first-order chi connectivity index (χ1) is 9.74. The van der Waals surface area contributed by atoms with Crippen molar-refractivity contribution in [1.29, 1.82) is 0 Å². The summed E-state index contributed by atoms with van der Waals surface area (Å²) in [5, 5.41) is 2.98. The molecule has 3 nitrogen and oxygen atoms in total. The number of amides is 2. The molecule has 2 aromatic carbocycles. The van der Waals surface area contributed by atoms with Gasteiger partial charge in [0.05, 0.1) is 0 Å². The van der Waals surface area contributed by atoms with Crippen molar-refractivity contribution < 1.29 is 4.79 Å². The number of anilines is 2. The molecule has 2 amide bonds. The van der Waals surface area contributed by atoms with Gasteiger partial charge >= 0.3 is 6.03 Å². The zero-order valence-corrected chi connectivity index (χ0v) is 11.6. The molecule has 2 aromatic rings. The molecule has 102 valence electrons. The zero-order chi connectivity index (χ0) is 13.9. The number of hydrogen-bond donors (Lipinski definition) is 1. The monoisotopic (exact) mass is 266 g/mol. The van der Waals surface area contributed by atoms with Crippen LogP contribution in [0.2, 0.25) is 0 Å². The van der Waals surface area contributed by atoms with E-state index in [0.29, 0.717) is 0 Å². The Kier molecular flexibility index (Phi) is 3.42. The van der Waals surface area contributed by atoms with Crippen LogP contribution in [0.1, 0.15) is 17.5 Å². The minimum Gasteiger partial charge on any atom is -0.308 e. The Morgan fingerprint density at radius 1 is 1.15 bits per heavy atom. The summed E-state index contributed by atoms with van der Waals surface area (Å²) in [7, 11) is 0. The summed E-state index contributed by atoms with van der Waals surface area (Å²) in [6, 6.07) is 15.9. The predicted molar refractivity (Wildman–Crippen MR) is 82.3 cm³/mol. The smallest absolute Gasteiger partial charge is 0.308 e. The average Bonchev–Trinajstić information content (AvgIpc) is 2.46. The molecule has 3 heteroatoms. The van der Waals surface area contributed by atoms with E-state index in [2.05, 4.69) is 11.4 Å². The maximum Gasteiger partial charge on any atom is 0.326 e. The van der Waals surface area contributed by atoms with Crippen LogP contribution in [0.5, 0.6) is 0 Å². The van der Waals surface area contributed by atoms with Crippen LogP contribution < -0.4 is 10.2 Å². The van der Waals surface area contributed by atoms with Gasteiger partial charge in [-0.15, -0.1) is 0 Å². The number of hydrogen-bond acceptors (Lipinski definition) is 1. The van der Waals surface area contributed by atoms with E-state index in [1.54, 1.807) is 0 Å². The third-order valence-corrected chi connectivity index (χ3v) is 3.62. The highest BCUT2D eigenvalue weighted by Crippen LogP contribution is 2.27. The quantitative estimate of drug-likeness (QED) is 0.832. The number of rotatable bonds is 1. The van der Waals surface area contributed by atoms with Gasteiger partial charge in [0, 0.05) is 17.9 Å². The van der Waals surface area contributed by atoms with Crippen molar-refractivity contribution in [2.75, 3.05) is 16.8 Å². The van der Waals surface area contributed by atoms with Gasteiger partial charge in [0.15, 0.2) is 0 Å². The van der Waals surface area contributed by atoms with E-state index < -0.39 is 0 Å². The molecule has 1 heterocycles. The van der Waals surface area contributed by atoms with Crippen LogP contribution in [0.15, 0.2) is 48.5 Å². The molecule has 0 saturated heterocycles. The normalized spacial score (nSPS) is 13.8. The van der Waals surface area contributed by atoms with Crippen molar-refractivity contribution >= 4 is 17.4 Å². The standard InChI is InChI=1S/C17H18N2O/c1-13-6-4-9-15(12-13)18-17(20)19-11-5-8-14-7-2-3-10-16(14)19/h2-4,6-7,9-10,12H,5,8,11H2,1H3,(H,18,20). The third-order valence-electron chi connectivity index (χ3n) is 3.62. The Morgan fingerprint density at radius 3 is 2.85 bits per heavy atom. The molecule has 20 heavy (non-hydrogen) atoms. The van der Waals surface area contributed by atoms with Crippen molar-refractivity contribution in [3.63, 3.8) is 0 Å². The van der Waals surface area contributed by atoms with Crippen molar-refractivity contribution in [3.8, 4) is 0 Å². The molecule has 3 rings (SSSR count). The van der Waals surface area contributed by atoms with Crippen molar-refractivity contribution in [1.82, 2.24) is 0 Å². The summed E-state index contributed by atoms with van der Waals surface area (Å²) in [6.45, 7) is 2.79. The lowest BCUT2D eigenvalue weighted by Crippen LogP contribution is -2.38. The van der Waals surface area contributed by atoms with Gasteiger partial charge in [0.25, 0.3) is 0 Å². The minimum atomic E-state index is -0.0530. The molecule has 0 saturated carbocycles. The van der Waals surface area contributed by atoms with E-state index in [1.165, 1.54) is 5.56 Å². The van der Waals surface area contributed by atoms with E-state index >= 15 is 0 Å². The Balaban J connectivity index is 1.82. The first-order valence-electron chi connectivity index (χ1n) is 6.97. The maximum absolute atomic E-state index is 12.5. The number of fused-ring (bicyclic) bond motifs is 1. The highest BCUT2D eigenvalue weighted by Gasteiger charge is 2.21. The molecular weight excluding hydrogens is 248 g/mol. The number of urea groups is 1. The first-order valence-corrected chi connectivity index (χ1v) is 6.97. The molecule has 0 spiro atoms. The molecule has 0 aromatic heterocycles. The summed E-state index contributed by atoms with van der Waals surface area (Å²) in [6.07, 6.45) is 2.06. The van der Waals surface area contributed by atoms with Gasteiger partial charge in [0.2, 0.25) is 0 Å².